The van der Waals surface area contributed by atoms with Crippen LogP contribution in [0.1, 0.15) is 32.1 Å². The molecule has 1 N–H and O–H groups in total. The van der Waals surface area contributed by atoms with E-state index >= 15 is 0 Å². The van der Waals surface area contributed by atoms with Crippen LogP contribution >= 0.6 is 0 Å². The number of nitrogens with zero attached hydrogens (tertiary/aromatic N) is 1. The van der Waals surface area contributed by atoms with Crippen LogP contribution in [-0.4, -0.2) is 18.1 Å². The topological polar surface area (TPSA) is 15.3 Å². The molecule has 0 aliphatic carbocycles. The molecule has 0 atom stereocenters. The zero-order chi connectivity index (χ0) is 8.39. The van der Waals surface area contributed by atoms with Crippen molar-refractivity contribution in [1.82, 2.24) is 10.4 Å². The van der Waals surface area contributed by atoms with E-state index in [0.29, 0.717) is 6.42 Å². The van der Waals surface area contributed by atoms with Crippen LogP contribution in [0.15, 0.2) is 11.5 Å². The van der Waals surface area contributed by atoms with Crippen LogP contribution in [0.5, 0.6) is 0 Å². The molecule has 0 unspecified atom stereocenters. The molecular weight excluding hydrogens is 194 g/mol. The van der Waals surface area contributed by atoms with Crippen molar-refractivity contribution in [2.45, 2.75) is 32.1 Å². The SMILES string of the molecule is FC1=C2CCCCNN2CCC1.[K+]. The zero-order valence-corrected chi connectivity index (χ0v) is 11.4. The molecule has 1 fully saturated rings. The smallest absolute Gasteiger partial charge is 0.310 e. The summed E-state index contributed by atoms with van der Waals surface area (Å²) in [5.74, 6) is 0.107. The first kappa shape index (κ1) is 12.1. The molecule has 4 heteroatoms. The van der Waals surface area contributed by atoms with Gasteiger partial charge in [-0.2, -0.15) is 0 Å². The third kappa shape index (κ3) is 3.01. The Labute approximate surface area is 121 Å². The predicted molar refractivity (Wildman–Crippen MR) is 45.9 cm³/mol. The van der Waals surface area contributed by atoms with Crippen LogP contribution < -0.4 is 56.8 Å². The molecule has 2 rings (SSSR count). The van der Waals surface area contributed by atoms with Crippen molar-refractivity contribution in [2.24, 2.45) is 0 Å². The summed E-state index contributed by atoms with van der Waals surface area (Å²) in [5.41, 5.74) is 4.16. The Kier molecular flexibility index (Phi) is 5.44. The van der Waals surface area contributed by atoms with Crippen molar-refractivity contribution in [2.75, 3.05) is 13.1 Å². The van der Waals surface area contributed by atoms with E-state index in [0.717, 1.165) is 44.5 Å². The molecule has 0 radical (unpaired) electrons. The number of rotatable bonds is 0. The number of fused-ring (bicyclic) bond motifs is 1. The van der Waals surface area contributed by atoms with Gasteiger partial charge >= 0.3 is 51.4 Å². The summed E-state index contributed by atoms with van der Waals surface area (Å²) in [6.45, 7) is 1.97. The second kappa shape index (κ2) is 5.83. The first-order valence-electron chi connectivity index (χ1n) is 4.76. The minimum atomic E-state index is 0. The fourth-order valence-corrected chi connectivity index (χ4v) is 1.89. The molecular formula is C9H15FKN2+. The van der Waals surface area contributed by atoms with Crippen molar-refractivity contribution in [3.63, 3.8) is 0 Å². The molecule has 0 aromatic carbocycles. The molecule has 68 valence electrons. The normalized spacial score (nSPS) is 23.3. The summed E-state index contributed by atoms with van der Waals surface area (Å²) in [5, 5.41) is 2.01. The van der Waals surface area contributed by atoms with Gasteiger partial charge in [-0.1, -0.05) is 0 Å². The van der Waals surface area contributed by atoms with Gasteiger partial charge in [0.2, 0.25) is 0 Å². The third-order valence-electron chi connectivity index (χ3n) is 2.56. The molecule has 0 aromatic rings. The first-order chi connectivity index (χ1) is 5.88. The number of allylic oxidation sites excluding steroid dienone is 2. The maximum Gasteiger partial charge on any atom is 1.00 e. The summed E-state index contributed by atoms with van der Waals surface area (Å²) in [6.07, 6.45) is 4.79. The van der Waals surface area contributed by atoms with E-state index in [4.69, 9.17) is 0 Å². The maximum atomic E-state index is 13.3. The van der Waals surface area contributed by atoms with Gasteiger partial charge in [0.1, 0.15) is 5.83 Å². The van der Waals surface area contributed by atoms with Crippen molar-refractivity contribution < 1.29 is 55.8 Å². The van der Waals surface area contributed by atoms with Gasteiger partial charge in [0, 0.05) is 19.5 Å². The van der Waals surface area contributed by atoms with E-state index < -0.39 is 0 Å². The van der Waals surface area contributed by atoms with Crippen molar-refractivity contribution >= 4 is 0 Å². The van der Waals surface area contributed by atoms with Crippen LogP contribution in [0.4, 0.5) is 4.39 Å². The molecule has 2 aliphatic rings. The third-order valence-corrected chi connectivity index (χ3v) is 2.56. The summed E-state index contributed by atoms with van der Waals surface area (Å²) >= 11 is 0. The van der Waals surface area contributed by atoms with Crippen LogP contribution in [0.3, 0.4) is 0 Å². The second-order valence-corrected chi connectivity index (χ2v) is 3.47. The number of hydrazine groups is 1. The fraction of sp³-hybridized carbons (Fsp3) is 0.778. The van der Waals surface area contributed by atoms with Gasteiger partial charge < -0.3 is 5.01 Å². The Morgan fingerprint density at radius 3 is 2.85 bits per heavy atom. The quantitative estimate of drug-likeness (QED) is 0.513. The number of hydrogen-bond donors (Lipinski definition) is 1. The van der Waals surface area contributed by atoms with Gasteiger partial charge in [0.05, 0.1) is 5.70 Å². The standard InChI is InChI=1S/C9H15FN2.K/c10-8-4-3-7-12-9(8)5-1-2-6-11-12;/h11H,1-7H2;/q;+1. The Hall–Kier alpha value is 1.07. The Balaban J connectivity index is 0.000000845. The largest absolute Gasteiger partial charge is 1.00 e. The molecule has 13 heavy (non-hydrogen) atoms. The van der Waals surface area contributed by atoms with Crippen LogP contribution in [0.25, 0.3) is 0 Å². The van der Waals surface area contributed by atoms with Gasteiger partial charge in [0.15, 0.2) is 0 Å². The average Bonchev–Trinajstić information content (AvgIpc) is 2.30. The fourth-order valence-electron chi connectivity index (χ4n) is 1.89. The van der Waals surface area contributed by atoms with E-state index in [1.165, 1.54) is 0 Å². The van der Waals surface area contributed by atoms with E-state index in [1.807, 2.05) is 5.01 Å². The molecule has 2 heterocycles. The van der Waals surface area contributed by atoms with Crippen molar-refractivity contribution in [3.05, 3.63) is 11.5 Å². The number of nitrogens with one attached hydrogen (secondary N) is 1. The summed E-state index contributed by atoms with van der Waals surface area (Å²) in [4.78, 5) is 0. The van der Waals surface area contributed by atoms with Crippen LogP contribution in [0.2, 0.25) is 0 Å². The van der Waals surface area contributed by atoms with E-state index in [-0.39, 0.29) is 57.2 Å². The number of hydrogen-bond acceptors (Lipinski definition) is 2. The minimum Gasteiger partial charge on any atom is -0.310 e. The summed E-state index contributed by atoms with van der Waals surface area (Å²) in [7, 11) is 0. The average molecular weight is 209 g/mol. The van der Waals surface area contributed by atoms with Crippen molar-refractivity contribution in [1.29, 1.82) is 0 Å². The van der Waals surface area contributed by atoms with E-state index in [9.17, 15) is 4.39 Å². The second-order valence-electron chi connectivity index (χ2n) is 3.47. The molecule has 1 saturated heterocycles. The predicted octanol–water partition coefficient (Wildman–Crippen LogP) is -1.04. The summed E-state index contributed by atoms with van der Waals surface area (Å²) < 4.78 is 13.3. The Morgan fingerprint density at radius 2 is 2.00 bits per heavy atom. The van der Waals surface area contributed by atoms with Gasteiger partial charge in [-0.3, -0.25) is 0 Å². The molecule has 0 saturated carbocycles. The van der Waals surface area contributed by atoms with E-state index in [1.54, 1.807) is 0 Å². The Bertz CT molecular complexity index is 206. The maximum absolute atomic E-state index is 13.3. The Morgan fingerprint density at radius 1 is 1.15 bits per heavy atom. The molecule has 2 nitrogen and oxygen atoms in total. The van der Waals surface area contributed by atoms with Crippen LogP contribution in [-0.2, 0) is 0 Å². The molecule has 0 spiro atoms. The van der Waals surface area contributed by atoms with Gasteiger partial charge in [0.25, 0.3) is 0 Å². The zero-order valence-electron chi connectivity index (χ0n) is 8.27. The van der Waals surface area contributed by atoms with Gasteiger partial charge in [-0.15, -0.1) is 0 Å². The summed E-state index contributed by atoms with van der Waals surface area (Å²) in [6, 6.07) is 0. The van der Waals surface area contributed by atoms with Gasteiger partial charge in [-0.05, 0) is 25.7 Å². The monoisotopic (exact) mass is 209 g/mol. The minimum absolute atomic E-state index is 0. The van der Waals surface area contributed by atoms with Gasteiger partial charge in [-0.25, -0.2) is 9.82 Å². The molecule has 0 amide bonds. The molecule has 0 bridgehead atoms. The van der Waals surface area contributed by atoms with Crippen molar-refractivity contribution in [3.8, 4) is 0 Å². The van der Waals surface area contributed by atoms with Crippen LogP contribution in [0, 0.1) is 0 Å². The molecule has 2 aliphatic heterocycles. The number of halogens is 1. The molecule has 0 aromatic heterocycles. The first-order valence-corrected chi connectivity index (χ1v) is 4.76. The van der Waals surface area contributed by atoms with E-state index in [2.05, 4.69) is 5.43 Å².